The highest BCUT2D eigenvalue weighted by Crippen LogP contribution is 2.20. The van der Waals surface area contributed by atoms with Crippen LogP contribution in [0.2, 0.25) is 5.54 Å². The predicted octanol–water partition coefficient (Wildman–Crippen LogP) is 1.37. The van der Waals surface area contributed by atoms with Crippen molar-refractivity contribution in [3.8, 4) is 0 Å². The SMILES string of the molecule is CO[Si](OC)(c1ccc[nH]1)C(C)C. The molecule has 0 saturated heterocycles. The van der Waals surface area contributed by atoms with E-state index in [4.69, 9.17) is 8.85 Å². The molecule has 0 bridgehead atoms. The summed E-state index contributed by atoms with van der Waals surface area (Å²) in [4.78, 5) is 3.17. The first kappa shape index (κ1) is 10.5. The number of aromatic nitrogens is 1. The van der Waals surface area contributed by atoms with Crippen LogP contribution in [0.3, 0.4) is 0 Å². The first-order valence-electron chi connectivity index (χ1n) is 4.41. The van der Waals surface area contributed by atoms with Crippen molar-refractivity contribution in [2.75, 3.05) is 14.2 Å². The average Bonchev–Trinajstić information content (AvgIpc) is 2.60. The van der Waals surface area contributed by atoms with Crippen molar-refractivity contribution in [2.45, 2.75) is 19.4 Å². The zero-order valence-corrected chi connectivity index (χ0v) is 9.63. The van der Waals surface area contributed by atoms with E-state index in [1.165, 1.54) is 0 Å². The smallest absolute Gasteiger partial charge is 0.391 e. The first-order valence-corrected chi connectivity index (χ1v) is 6.31. The summed E-state index contributed by atoms with van der Waals surface area (Å²) in [5.74, 6) is 0. The van der Waals surface area contributed by atoms with Gasteiger partial charge in [-0.15, -0.1) is 0 Å². The summed E-state index contributed by atoms with van der Waals surface area (Å²) in [5.41, 5.74) is 0.390. The second-order valence-corrected chi connectivity index (χ2v) is 7.16. The molecule has 0 atom stereocenters. The lowest BCUT2D eigenvalue weighted by Gasteiger charge is -2.29. The lowest BCUT2D eigenvalue weighted by molar-refractivity contribution is 0.247. The summed E-state index contributed by atoms with van der Waals surface area (Å²) >= 11 is 0. The highest BCUT2D eigenvalue weighted by Gasteiger charge is 2.42. The number of hydrogen-bond acceptors (Lipinski definition) is 2. The van der Waals surface area contributed by atoms with Gasteiger partial charge in [-0.3, -0.25) is 0 Å². The second-order valence-electron chi connectivity index (χ2n) is 3.31. The molecule has 1 N–H and O–H groups in total. The first-order chi connectivity index (χ1) is 6.17. The van der Waals surface area contributed by atoms with Gasteiger partial charge in [0, 0.05) is 26.0 Å². The van der Waals surface area contributed by atoms with Crippen molar-refractivity contribution in [1.29, 1.82) is 0 Å². The van der Waals surface area contributed by atoms with Crippen LogP contribution in [0.1, 0.15) is 13.8 Å². The molecule has 0 spiro atoms. The molecule has 3 nitrogen and oxygen atoms in total. The highest BCUT2D eigenvalue weighted by atomic mass is 28.4. The monoisotopic (exact) mass is 199 g/mol. The summed E-state index contributed by atoms with van der Waals surface area (Å²) in [5, 5.41) is 1.09. The van der Waals surface area contributed by atoms with Crippen molar-refractivity contribution in [3.63, 3.8) is 0 Å². The summed E-state index contributed by atoms with van der Waals surface area (Å²) in [6, 6.07) is 4.00. The van der Waals surface area contributed by atoms with Crippen molar-refractivity contribution in [3.05, 3.63) is 18.3 Å². The van der Waals surface area contributed by atoms with E-state index in [0.717, 1.165) is 5.32 Å². The van der Waals surface area contributed by atoms with Crippen LogP contribution in [0.15, 0.2) is 18.3 Å². The van der Waals surface area contributed by atoms with E-state index in [1.54, 1.807) is 14.2 Å². The minimum Gasteiger partial charge on any atom is -0.393 e. The third-order valence-corrected chi connectivity index (χ3v) is 6.13. The maximum atomic E-state index is 5.58. The normalized spacial score (nSPS) is 12.4. The van der Waals surface area contributed by atoms with Crippen LogP contribution in [0.5, 0.6) is 0 Å². The molecule has 1 aromatic rings. The summed E-state index contributed by atoms with van der Waals surface area (Å²) in [7, 11) is 1.24. The van der Waals surface area contributed by atoms with E-state index >= 15 is 0 Å². The minimum atomic E-state index is -2.20. The Hall–Kier alpha value is -0.583. The number of nitrogens with one attached hydrogen (secondary N) is 1. The zero-order chi connectivity index (χ0) is 9.90. The van der Waals surface area contributed by atoms with Gasteiger partial charge in [-0.25, -0.2) is 0 Å². The molecule has 4 heteroatoms. The van der Waals surface area contributed by atoms with E-state index in [0.29, 0.717) is 5.54 Å². The Bertz CT molecular complexity index is 242. The molecule has 0 aromatic carbocycles. The van der Waals surface area contributed by atoms with E-state index in [-0.39, 0.29) is 0 Å². The van der Waals surface area contributed by atoms with Gasteiger partial charge in [-0.05, 0) is 12.1 Å². The number of hydrogen-bond donors (Lipinski definition) is 1. The Balaban J connectivity index is 3.03. The molecule has 0 aliphatic carbocycles. The lowest BCUT2D eigenvalue weighted by atomic mass is 10.6. The Kier molecular flexibility index (Phi) is 3.30. The zero-order valence-electron chi connectivity index (χ0n) is 8.63. The van der Waals surface area contributed by atoms with E-state index in [9.17, 15) is 0 Å². The largest absolute Gasteiger partial charge is 0.393 e. The fraction of sp³-hybridized carbons (Fsp3) is 0.556. The molecule has 0 radical (unpaired) electrons. The fourth-order valence-electron chi connectivity index (χ4n) is 1.63. The quantitative estimate of drug-likeness (QED) is 0.743. The molecule has 0 fully saturated rings. The van der Waals surface area contributed by atoms with Crippen LogP contribution in [-0.2, 0) is 8.85 Å². The standard InChI is InChI=1S/C9H17NO2Si/c1-8(2)13(11-3,12-4)9-6-5-7-10-9/h5-8,10H,1-4H3. The van der Waals surface area contributed by atoms with Crippen molar-refractivity contribution in [1.82, 2.24) is 4.98 Å². The maximum Gasteiger partial charge on any atom is 0.391 e. The third kappa shape index (κ3) is 1.70. The average molecular weight is 199 g/mol. The molecule has 0 saturated carbocycles. The molecule has 1 aromatic heterocycles. The van der Waals surface area contributed by atoms with Gasteiger partial charge in [0.15, 0.2) is 0 Å². The van der Waals surface area contributed by atoms with Gasteiger partial charge >= 0.3 is 8.56 Å². The van der Waals surface area contributed by atoms with Crippen LogP contribution < -0.4 is 5.32 Å². The second kappa shape index (κ2) is 4.08. The Morgan fingerprint density at radius 2 is 1.92 bits per heavy atom. The molecule has 0 unspecified atom stereocenters. The number of rotatable bonds is 4. The van der Waals surface area contributed by atoms with Gasteiger partial charge in [0.05, 0.1) is 5.32 Å². The van der Waals surface area contributed by atoms with Crippen LogP contribution in [0.4, 0.5) is 0 Å². The van der Waals surface area contributed by atoms with E-state index in [1.807, 2.05) is 18.3 Å². The summed E-state index contributed by atoms with van der Waals surface area (Å²) < 4.78 is 11.2. The Morgan fingerprint density at radius 3 is 2.23 bits per heavy atom. The minimum absolute atomic E-state index is 0.390. The number of H-pyrrole nitrogens is 1. The molecule has 13 heavy (non-hydrogen) atoms. The van der Waals surface area contributed by atoms with Gasteiger partial charge in [-0.1, -0.05) is 13.8 Å². The summed E-state index contributed by atoms with van der Waals surface area (Å²) in [6.07, 6.45) is 1.90. The van der Waals surface area contributed by atoms with Crippen LogP contribution in [0, 0.1) is 0 Å². The predicted molar refractivity (Wildman–Crippen MR) is 55.3 cm³/mol. The molecular weight excluding hydrogens is 182 g/mol. The van der Waals surface area contributed by atoms with Crippen LogP contribution in [-0.4, -0.2) is 27.8 Å². The molecule has 0 amide bonds. The van der Waals surface area contributed by atoms with E-state index in [2.05, 4.69) is 18.8 Å². The maximum absolute atomic E-state index is 5.58. The van der Waals surface area contributed by atoms with Gasteiger partial charge in [0.2, 0.25) is 0 Å². The Labute approximate surface area is 80.3 Å². The van der Waals surface area contributed by atoms with Gasteiger partial charge in [0.1, 0.15) is 0 Å². The molecule has 0 aliphatic heterocycles. The van der Waals surface area contributed by atoms with Crippen molar-refractivity contribution < 1.29 is 8.85 Å². The topological polar surface area (TPSA) is 34.2 Å². The highest BCUT2D eigenvalue weighted by molar-refractivity contribution is 6.81. The van der Waals surface area contributed by atoms with Crippen molar-refractivity contribution >= 4 is 13.9 Å². The molecule has 74 valence electrons. The van der Waals surface area contributed by atoms with Crippen molar-refractivity contribution in [2.24, 2.45) is 0 Å². The number of aromatic amines is 1. The van der Waals surface area contributed by atoms with Gasteiger partial charge < -0.3 is 13.8 Å². The third-order valence-electron chi connectivity index (χ3n) is 2.34. The Morgan fingerprint density at radius 1 is 1.31 bits per heavy atom. The lowest BCUT2D eigenvalue weighted by Crippen LogP contribution is -2.55. The molecule has 1 rings (SSSR count). The van der Waals surface area contributed by atoms with Crippen LogP contribution in [0.25, 0.3) is 0 Å². The molecule has 1 heterocycles. The van der Waals surface area contributed by atoms with Crippen LogP contribution >= 0.6 is 0 Å². The van der Waals surface area contributed by atoms with Gasteiger partial charge in [-0.2, -0.15) is 0 Å². The van der Waals surface area contributed by atoms with Gasteiger partial charge in [0.25, 0.3) is 0 Å². The fourth-order valence-corrected chi connectivity index (χ4v) is 4.42. The molecular formula is C9H17NO2Si. The summed E-state index contributed by atoms with van der Waals surface area (Å²) in [6.45, 7) is 4.25. The molecule has 0 aliphatic rings. The van der Waals surface area contributed by atoms with E-state index < -0.39 is 8.56 Å².